The number of rotatable bonds is 4. The van der Waals surface area contributed by atoms with E-state index in [1.165, 1.54) is 6.08 Å². The van der Waals surface area contributed by atoms with Crippen molar-refractivity contribution in [2.24, 2.45) is 0 Å². The normalized spacial score (nSPS) is 13.6. The maximum absolute atomic E-state index is 12.6. The number of fused-ring (bicyclic) bond motifs is 1. The first kappa shape index (κ1) is 18.5. The van der Waals surface area contributed by atoms with Gasteiger partial charge in [0.25, 0.3) is 0 Å². The van der Waals surface area contributed by atoms with Gasteiger partial charge in [0.1, 0.15) is 0 Å². The van der Waals surface area contributed by atoms with Crippen LogP contribution >= 0.6 is 11.6 Å². The second-order valence-electron chi connectivity index (χ2n) is 5.76. The minimum atomic E-state index is -4.30. The third kappa shape index (κ3) is 4.18. The van der Waals surface area contributed by atoms with Gasteiger partial charge in [-0.25, -0.2) is 0 Å². The lowest BCUT2D eigenvalue weighted by Crippen LogP contribution is -2.08. The summed E-state index contributed by atoms with van der Waals surface area (Å²) in [6.07, 6.45) is -0.517. The molecule has 0 radical (unpaired) electrons. The number of hydrogen-bond acceptors (Lipinski definition) is 1. The van der Waals surface area contributed by atoms with Crippen LogP contribution in [0.3, 0.4) is 0 Å². The molecule has 0 aliphatic heterocycles. The van der Waals surface area contributed by atoms with Crippen molar-refractivity contribution >= 4 is 22.5 Å². The van der Waals surface area contributed by atoms with Crippen LogP contribution in [-0.2, 0) is 12.8 Å². The summed E-state index contributed by atoms with van der Waals surface area (Å²) in [4.78, 5) is 4.63. The van der Waals surface area contributed by atoms with Crippen molar-refractivity contribution in [3.63, 3.8) is 0 Å². The van der Waals surface area contributed by atoms with Crippen LogP contribution in [0.2, 0.25) is 5.02 Å². The van der Waals surface area contributed by atoms with E-state index in [0.717, 1.165) is 40.7 Å². The van der Waals surface area contributed by atoms with Crippen LogP contribution in [0.25, 0.3) is 10.9 Å². The molecule has 0 aliphatic carbocycles. The van der Waals surface area contributed by atoms with E-state index in [-0.39, 0.29) is 0 Å². The molecule has 0 N–H and O–H groups in total. The monoisotopic (exact) mass is 353 g/mol. The molecule has 0 saturated carbocycles. The van der Waals surface area contributed by atoms with Gasteiger partial charge < -0.3 is 0 Å². The third-order valence-electron chi connectivity index (χ3n) is 3.86. The highest BCUT2D eigenvalue weighted by Crippen LogP contribution is 2.30. The maximum Gasteiger partial charge on any atom is 0.412 e. The van der Waals surface area contributed by atoms with Crippen LogP contribution in [-0.4, -0.2) is 11.2 Å². The predicted molar refractivity (Wildman–Crippen MR) is 93.4 cm³/mol. The Balaban J connectivity index is 2.40. The van der Waals surface area contributed by atoms with Crippen molar-refractivity contribution in [1.82, 2.24) is 4.98 Å². The molecule has 1 aromatic heterocycles. The van der Waals surface area contributed by atoms with Gasteiger partial charge in [0.05, 0.1) is 10.5 Å². The Labute approximate surface area is 144 Å². The van der Waals surface area contributed by atoms with Crippen LogP contribution in [0.1, 0.15) is 32.0 Å². The number of pyridine rings is 1. The first-order valence-corrected chi connectivity index (χ1v) is 8.09. The standard InChI is InChI=1S/C19H19ClF3N/c1-4-16-15(11-12(2)9-10-13(3)19(21,22)23)18(20)14-7-5-6-8-17(14)24-16/h5-10H,4,11H2,1-3H3/b12-9+,13-10+. The van der Waals surface area contributed by atoms with Gasteiger partial charge in [-0.3, -0.25) is 4.98 Å². The van der Waals surface area contributed by atoms with E-state index in [1.54, 1.807) is 6.92 Å². The summed E-state index contributed by atoms with van der Waals surface area (Å²) >= 11 is 6.54. The molecule has 128 valence electrons. The van der Waals surface area contributed by atoms with E-state index in [4.69, 9.17) is 11.6 Å². The van der Waals surface area contributed by atoms with Crippen molar-refractivity contribution in [2.45, 2.75) is 39.8 Å². The molecule has 0 saturated heterocycles. The SMILES string of the molecule is CCc1nc2ccccc2c(Cl)c1C/C(C)=C/C=C(\C)C(F)(F)F. The molecule has 5 heteroatoms. The van der Waals surface area contributed by atoms with Crippen LogP contribution in [0.5, 0.6) is 0 Å². The molecule has 0 spiro atoms. The number of hydrogen-bond donors (Lipinski definition) is 0. The van der Waals surface area contributed by atoms with Gasteiger partial charge in [0, 0.05) is 16.7 Å². The molecule has 0 aliphatic rings. The number of allylic oxidation sites excluding steroid dienone is 4. The van der Waals surface area contributed by atoms with Crippen molar-refractivity contribution < 1.29 is 13.2 Å². The van der Waals surface area contributed by atoms with Gasteiger partial charge in [-0.2, -0.15) is 13.2 Å². The fourth-order valence-corrected chi connectivity index (χ4v) is 2.77. The van der Waals surface area contributed by atoms with E-state index >= 15 is 0 Å². The third-order valence-corrected chi connectivity index (χ3v) is 4.30. The molecular weight excluding hydrogens is 335 g/mol. The Hall–Kier alpha value is -1.81. The second-order valence-corrected chi connectivity index (χ2v) is 6.14. The lowest BCUT2D eigenvalue weighted by molar-refractivity contribution is -0.0912. The van der Waals surface area contributed by atoms with Gasteiger partial charge in [-0.05, 0) is 38.3 Å². The summed E-state index contributed by atoms with van der Waals surface area (Å²) in [5.74, 6) is 0. The molecule has 0 amide bonds. The van der Waals surface area contributed by atoms with E-state index in [2.05, 4.69) is 4.98 Å². The van der Waals surface area contributed by atoms with Gasteiger partial charge in [0.15, 0.2) is 0 Å². The molecule has 0 atom stereocenters. The van der Waals surface area contributed by atoms with Gasteiger partial charge in [-0.15, -0.1) is 0 Å². The first-order chi connectivity index (χ1) is 11.2. The number of para-hydroxylation sites is 1. The minimum Gasteiger partial charge on any atom is -0.252 e. The average Bonchev–Trinajstić information content (AvgIpc) is 2.54. The lowest BCUT2D eigenvalue weighted by Gasteiger charge is -2.13. The lowest BCUT2D eigenvalue weighted by atomic mass is 10.00. The highest BCUT2D eigenvalue weighted by molar-refractivity contribution is 6.36. The maximum atomic E-state index is 12.6. The molecule has 0 bridgehead atoms. The highest BCUT2D eigenvalue weighted by Gasteiger charge is 2.29. The summed E-state index contributed by atoms with van der Waals surface area (Å²) in [6.45, 7) is 4.85. The summed E-state index contributed by atoms with van der Waals surface area (Å²) < 4.78 is 37.7. The van der Waals surface area contributed by atoms with E-state index in [1.807, 2.05) is 31.2 Å². The van der Waals surface area contributed by atoms with Gasteiger partial charge in [-0.1, -0.05) is 54.4 Å². The zero-order chi connectivity index (χ0) is 17.9. The molecule has 2 rings (SSSR count). The van der Waals surface area contributed by atoms with Crippen molar-refractivity contribution in [1.29, 1.82) is 0 Å². The number of aromatic nitrogens is 1. The summed E-state index contributed by atoms with van der Waals surface area (Å²) in [7, 11) is 0. The highest BCUT2D eigenvalue weighted by atomic mass is 35.5. The molecule has 24 heavy (non-hydrogen) atoms. The molecule has 1 aromatic carbocycles. The van der Waals surface area contributed by atoms with Crippen LogP contribution in [0.4, 0.5) is 13.2 Å². The Morgan fingerprint density at radius 2 is 1.83 bits per heavy atom. The topological polar surface area (TPSA) is 12.9 Å². The first-order valence-electron chi connectivity index (χ1n) is 7.71. The molecular formula is C19H19ClF3N. The van der Waals surface area contributed by atoms with Crippen LogP contribution in [0, 0.1) is 0 Å². The van der Waals surface area contributed by atoms with Gasteiger partial charge in [0.2, 0.25) is 0 Å². The molecule has 0 unspecified atom stereocenters. The van der Waals surface area contributed by atoms with Gasteiger partial charge >= 0.3 is 6.18 Å². The number of halogens is 4. The average molecular weight is 354 g/mol. The smallest absolute Gasteiger partial charge is 0.252 e. The summed E-state index contributed by atoms with van der Waals surface area (Å²) in [5.41, 5.74) is 2.76. The number of alkyl halides is 3. The predicted octanol–water partition coefficient (Wildman–Crippen LogP) is 6.45. The van der Waals surface area contributed by atoms with Crippen LogP contribution < -0.4 is 0 Å². The van der Waals surface area contributed by atoms with Crippen LogP contribution in [0.15, 0.2) is 47.6 Å². The molecule has 1 heterocycles. The Morgan fingerprint density at radius 3 is 2.46 bits per heavy atom. The zero-order valence-corrected chi connectivity index (χ0v) is 14.6. The van der Waals surface area contributed by atoms with Crippen molar-refractivity contribution in [2.75, 3.05) is 0 Å². The van der Waals surface area contributed by atoms with E-state index in [0.29, 0.717) is 17.9 Å². The number of nitrogens with zero attached hydrogens (tertiary/aromatic N) is 1. The largest absolute Gasteiger partial charge is 0.412 e. The van der Waals surface area contributed by atoms with Crippen molar-refractivity contribution in [3.05, 3.63) is 63.8 Å². The zero-order valence-electron chi connectivity index (χ0n) is 13.8. The quantitative estimate of drug-likeness (QED) is 0.576. The van der Waals surface area contributed by atoms with E-state index < -0.39 is 11.7 Å². The number of benzene rings is 1. The minimum absolute atomic E-state index is 0.474. The fourth-order valence-electron chi connectivity index (χ4n) is 2.43. The van der Waals surface area contributed by atoms with E-state index in [9.17, 15) is 13.2 Å². The fraction of sp³-hybridized carbons (Fsp3) is 0.316. The Morgan fingerprint density at radius 1 is 1.17 bits per heavy atom. The Kier molecular flexibility index (Phi) is 5.70. The summed E-state index contributed by atoms with van der Waals surface area (Å²) in [5, 5.41) is 1.49. The molecule has 1 nitrogen and oxygen atoms in total. The molecule has 0 fully saturated rings. The molecule has 2 aromatic rings. The Bertz CT molecular complexity index is 804. The summed E-state index contributed by atoms with van der Waals surface area (Å²) in [6, 6.07) is 7.60. The van der Waals surface area contributed by atoms with Crippen molar-refractivity contribution in [3.8, 4) is 0 Å². The second kappa shape index (κ2) is 7.39. The number of aryl methyl sites for hydroxylation is 1.